The number of urea groups is 1. The van der Waals surface area contributed by atoms with Gasteiger partial charge < -0.3 is 15.2 Å². The zero-order valence-electron chi connectivity index (χ0n) is 11.7. The summed E-state index contributed by atoms with van der Waals surface area (Å²) in [5.74, 6) is 0.429. The molecule has 1 aromatic heterocycles. The Hall–Kier alpha value is -1.82. The van der Waals surface area contributed by atoms with Crippen LogP contribution >= 0.6 is 15.9 Å². The molecule has 21 heavy (non-hydrogen) atoms. The Labute approximate surface area is 131 Å². The molecule has 1 fully saturated rings. The molecule has 110 valence electrons. The van der Waals surface area contributed by atoms with E-state index in [1.165, 1.54) is 5.56 Å². The van der Waals surface area contributed by atoms with Crippen molar-refractivity contribution in [1.29, 1.82) is 0 Å². The van der Waals surface area contributed by atoms with Gasteiger partial charge in [0.25, 0.3) is 0 Å². The Morgan fingerprint density at radius 1 is 1.43 bits per heavy atom. The second kappa shape index (κ2) is 5.89. The zero-order valence-corrected chi connectivity index (χ0v) is 13.3. The maximum Gasteiger partial charge on any atom is 0.315 e. The SMILES string of the molecule is Cn1cnc(CNC(=O)N[C@@H]2C[C@H]2c2ccc(Br)cc2)c1. The Morgan fingerprint density at radius 2 is 2.19 bits per heavy atom. The third-order valence-corrected chi connectivity index (χ3v) is 4.12. The van der Waals surface area contributed by atoms with Crippen LogP contribution in [0.25, 0.3) is 0 Å². The number of nitrogens with one attached hydrogen (secondary N) is 2. The number of aromatic nitrogens is 2. The molecule has 1 aliphatic carbocycles. The second-order valence-electron chi connectivity index (χ2n) is 5.36. The number of amides is 2. The summed E-state index contributed by atoms with van der Waals surface area (Å²) in [7, 11) is 1.91. The maximum absolute atomic E-state index is 11.8. The molecule has 6 heteroatoms. The normalized spacial score (nSPS) is 20.1. The monoisotopic (exact) mass is 348 g/mol. The van der Waals surface area contributed by atoms with E-state index in [0.29, 0.717) is 12.5 Å². The number of imidazole rings is 1. The average Bonchev–Trinajstić information content (AvgIpc) is 3.09. The zero-order chi connectivity index (χ0) is 14.8. The van der Waals surface area contributed by atoms with Gasteiger partial charge in [0.05, 0.1) is 18.6 Å². The number of rotatable bonds is 4. The van der Waals surface area contributed by atoms with Crippen LogP contribution in [0.15, 0.2) is 41.3 Å². The lowest BCUT2D eigenvalue weighted by Crippen LogP contribution is -2.37. The van der Waals surface area contributed by atoms with Crippen LogP contribution in [-0.4, -0.2) is 21.6 Å². The number of carbonyl (C=O) groups excluding carboxylic acids is 1. The third-order valence-electron chi connectivity index (χ3n) is 3.59. The van der Waals surface area contributed by atoms with Gasteiger partial charge in [-0.15, -0.1) is 0 Å². The van der Waals surface area contributed by atoms with Crippen molar-refractivity contribution in [2.45, 2.75) is 24.9 Å². The summed E-state index contributed by atoms with van der Waals surface area (Å²) >= 11 is 3.43. The fourth-order valence-electron chi connectivity index (χ4n) is 2.38. The van der Waals surface area contributed by atoms with E-state index in [9.17, 15) is 4.79 Å². The molecule has 2 amide bonds. The summed E-state index contributed by atoms with van der Waals surface area (Å²) < 4.78 is 2.93. The third kappa shape index (κ3) is 3.64. The summed E-state index contributed by atoms with van der Waals surface area (Å²) in [6, 6.07) is 8.36. The van der Waals surface area contributed by atoms with E-state index in [1.807, 2.05) is 29.9 Å². The molecule has 0 unspecified atom stereocenters. The molecular formula is C15H17BrN4O. The van der Waals surface area contributed by atoms with E-state index in [1.54, 1.807) is 6.33 Å². The molecule has 2 aromatic rings. The Bertz CT molecular complexity index is 637. The summed E-state index contributed by atoms with van der Waals surface area (Å²) in [6.07, 6.45) is 4.61. The summed E-state index contributed by atoms with van der Waals surface area (Å²) in [5, 5.41) is 5.83. The summed E-state index contributed by atoms with van der Waals surface area (Å²) in [6.45, 7) is 0.447. The Morgan fingerprint density at radius 3 is 2.86 bits per heavy atom. The first-order valence-electron chi connectivity index (χ1n) is 6.88. The van der Waals surface area contributed by atoms with Crippen molar-refractivity contribution in [3.8, 4) is 0 Å². The highest BCUT2D eigenvalue weighted by Gasteiger charge is 2.39. The van der Waals surface area contributed by atoms with E-state index >= 15 is 0 Å². The van der Waals surface area contributed by atoms with Crippen LogP contribution in [0.1, 0.15) is 23.6 Å². The van der Waals surface area contributed by atoms with Gasteiger partial charge in [0, 0.05) is 29.7 Å². The Balaban J connectivity index is 1.45. The van der Waals surface area contributed by atoms with E-state index in [-0.39, 0.29) is 12.1 Å². The summed E-state index contributed by atoms with van der Waals surface area (Å²) in [5.41, 5.74) is 2.13. The lowest BCUT2D eigenvalue weighted by Gasteiger charge is -2.06. The quantitative estimate of drug-likeness (QED) is 0.891. The van der Waals surface area contributed by atoms with Gasteiger partial charge in [0.2, 0.25) is 0 Å². The molecule has 1 aliphatic rings. The van der Waals surface area contributed by atoms with Crippen LogP contribution in [0.3, 0.4) is 0 Å². The van der Waals surface area contributed by atoms with E-state index in [2.05, 4.69) is 43.7 Å². The van der Waals surface area contributed by atoms with Crippen LogP contribution in [0.2, 0.25) is 0 Å². The molecule has 1 saturated carbocycles. The summed E-state index contributed by atoms with van der Waals surface area (Å²) in [4.78, 5) is 16.0. The van der Waals surface area contributed by atoms with Crippen molar-refractivity contribution >= 4 is 22.0 Å². The molecule has 1 aromatic carbocycles. The molecule has 0 radical (unpaired) electrons. The number of halogens is 1. The average molecular weight is 349 g/mol. The van der Waals surface area contributed by atoms with Crippen molar-refractivity contribution in [1.82, 2.24) is 20.2 Å². The molecular weight excluding hydrogens is 332 g/mol. The lowest BCUT2D eigenvalue weighted by molar-refractivity contribution is 0.240. The van der Waals surface area contributed by atoms with Gasteiger partial charge in [-0.2, -0.15) is 0 Å². The van der Waals surface area contributed by atoms with Crippen LogP contribution in [0, 0.1) is 0 Å². The molecule has 0 bridgehead atoms. The highest BCUT2D eigenvalue weighted by Crippen LogP contribution is 2.40. The molecule has 2 atom stereocenters. The van der Waals surface area contributed by atoms with E-state index in [0.717, 1.165) is 16.6 Å². The van der Waals surface area contributed by atoms with Crippen molar-refractivity contribution in [2.75, 3.05) is 0 Å². The second-order valence-corrected chi connectivity index (χ2v) is 6.27. The molecule has 0 aliphatic heterocycles. The van der Waals surface area contributed by atoms with Crippen molar-refractivity contribution in [3.05, 3.63) is 52.5 Å². The van der Waals surface area contributed by atoms with Gasteiger partial charge in [-0.1, -0.05) is 28.1 Å². The largest absolute Gasteiger partial charge is 0.340 e. The first-order valence-corrected chi connectivity index (χ1v) is 7.68. The predicted octanol–water partition coefficient (Wildman–Crippen LogP) is 2.54. The highest BCUT2D eigenvalue weighted by molar-refractivity contribution is 9.10. The molecule has 1 heterocycles. The molecule has 2 N–H and O–H groups in total. The number of hydrogen-bond acceptors (Lipinski definition) is 2. The van der Waals surface area contributed by atoms with Crippen LogP contribution in [0.5, 0.6) is 0 Å². The smallest absolute Gasteiger partial charge is 0.315 e. The van der Waals surface area contributed by atoms with Gasteiger partial charge in [-0.25, -0.2) is 9.78 Å². The number of benzene rings is 1. The van der Waals surface area contributed by atoms with Gasteiger partial charge in [0.15, 0.2) is 0 Å². The van der Waals surface area contributed by atoms with Gasteiger partial charge in [-0.05, 0) is 24.1 Å². The number of carbonyl (C=O) groups is 1. The Kier molecular flexibility index (Phi) is 3.96. The first-order chi connectivity index (χ1) is 10.1. The maximum atomic E-state index is 11.8. The minimum Gasteiger partial charge on any atom is -0.340 e. The van der Waals surface area contributed by atoms with E-state index < -0.39 is 0 Å². The van der Waals surface area contributed by atoms with E-state index in [4.69, 9.17) is 0 Å². The lowest BCUT2D eigenvalue weighted by atomic mass is 10.1. The number of nitrogens with zero attached hydrogens (tertiary/aromatic N) is 2. The fourth-order valence-corrected chi connectivity index (χ4v) is 2.65. The first kappa shape index (κ1) is 14.1. The minimum atomic E-state index is -0.134. The standard InChI is InChI=1S/C15H17BrN4O/c1-20-8-12(18-9-20)7-17-15(21)19-14-6-13(14)10-2-4-11(16)5-3-10/h2-5,8-9,13-14H,6-7H2,1H3,(H2,17,19,21)/t13-,14+/m0/s1. The fraction of sp³-hybridized carbons (Fsp3) is 0.333. The van der Waals surface area contributed by atoms with Gasteiger partial charge in [0.1, 0.15) is 0 Å². The number of aryl methyl sites for hydroxylation is 1. The topological polar surface area (TPSA) is 59.0 Å². The van der Waals surface area contributed by atoms with Crippen molar-refractivity contribution < 1.29 is 4.79 Å². The van der Waals surface area contributed by atoms with Crippen molar-refractivity contribution in [2.24, 2.45) is 7.05 Å². The molecule has 5 nitrogen and oxygen atoms in total. The van der Waals surface area contributed by atoms with Gasteiger partial charge >= 0.3 is 6.03 Å². The minimum absolute atomic E-state index is 0.134. The van der Waals surface area contributed by atoms with Gasteiger partial charge in [-0.3, -0.25) is 0 Å². The van der Waals surface area contributed by atoms with Crippen LogP contribution < -0.4 is 10.6 Å². The van der Waals surface area contributed by atoms with Crippen LogP contribution in [0.4, 0.5) is 4.79 Å². The number of hydrogen-bond donors (Lipinski definition) is 2. The molecule has 0 saturated heterocycles. The molecule has 3 rings (SSSR count). The molecule has 0 spiro atoms. The predicted molar refractivity (Wildman–Crippen MR) is 83.9 cm³/mol. The highest BCUT2D eigenvalue weighted by atomic mass is 79.9. The van der Waals surface area contributed by atoms with Crippen molar-refractivity contribution in [3.63, 3.8) is 0 Å². The van der Waals surface area contributed by atoms with Crippen LogP contribution in [-0.2, 0) is 13.6 Å².